The number of benzene rings is 3. The van der Waals surface area contributed by atoms with E-state index < -0.39 is 0 Å². The Hall–Kier alpha value is -1.84. The Balaban J connectivity index is 0.000000264. The van der Waals surface area contributed by atoms with Crippen LogP contribution in [-0.2, 0) is 4.18 Å². The first-order valence-electron chi connectivity index (χ1n) is 13.9. The maximum atomic E-state index is 13.4. The van der Waals surface area contributed by atoms with Crippen molar-refractivity contribution in [3.63, 3.8) is 0 Å². The zero-order valence-electron chi connectivity index (χ0n) is 24.5. The topological polar surface area (TPSA) is 35.9 Å². The van der Waals surface area contributed by atoms with Gasteiger partial charge in [-0.2, -0.15) is 12.6 Å². The van der Waals surface area contributed by atoms with Gasteiger partial charge in [-0.15, -0.1) is 0 Å². The maximum Gasteiger partial charge on any atom is 0.125 e. The van der Waals surface area contributed by atoms with E-state index in [0.29, 0.717) is 0 Å². The molecule has 0 radical (unpaired) electrons. The molecule has 0 atom stereocenters. The van der Waals surface area contributed by atoms with Gasteiger partial charge in [0, 0.05) is 49.0 Å². The minimum absolute atomic E-state index is 0.162. The van der Waals surface area contributed by atoms with Crippen LogP contribution in [0.3, 0.4) is 0 Å². The van der Waals surface area contributed by atoms with E-state index in [1.807, 2.05) is 6.07 Å². The number of anilines is 2. The minimum atomic E-state index is -0.162. The van der Waals surface area contributed by atoms with E-state index in [-0.39, 0.29) is 5.82 Å². The SMILES string of the molecule is CCCC/C=C1\Sc2ccc(F)cc2N1CCCS.CO.COSCCCN(C)c1c(C)ccc2ccccc12. The van der Waals surface area contributed by atoms with Crippen molar-refractivity contribution in [2.75, 3.05) is 55.7 Å². The van der Waals surface area contributed by atoms with Crippen LogP contribution in [0.1, 0.15) is 44.6 Å². The first-order chi connectivity index (χ1) is 19.5. The number of aliphatic hydroxyl groups is 1. The zero-order chi connectivity index (χ0) is 29.3. The molecule has 0 aromatic heterocycles. The molecule has 0 fully saturated rings. The molecule has 3 aromatic rings. The Labute approximate surface area is 255 Å². The number of thiol groups is 1. The molecule has 0 saturated heterocycles. The summed E-state index contributed by atoms with van der Waals surface area (Å²) in [6, 6.07) is 18.0. The number of halogens is 1. The van der Waals surface area contributed by atoms with Crippen LogP contribution in [0.15, 0.2) is 70.6 Å². The maximum absolute atomic E-state index is 13.4. The predicted molar refractivity (Wildman–Crippen MR) is 180 cm³/mol. The molecular weight excluding hydrogens is 560 g/mol. The molecule has 0 saturated carbocycles. The van der Waals surface area contributed by atoms with Gasteiger partial charge >= 0.3 is 0 Å². The highest BCUT2D eigenvalue weighted by molar-refractivity contribution is 8.03. The highest BCUT2D eigenvalue weighted by Crippen LogP contribution is 2.46. The van der Waals surface area contributed by atoms with Crippen LogP contribution in [0.25, 0.3) is 10.8 Å². The average Bonchev–Trinajstić information content (AvgIpc) is 3.31. The van der Waals surface area contributed by atoms with E-state index in [9.17, 15) is 4.39 Å². The van der Waals surface area contributed by atoms with Gasteiger partial charge in [-0.05, 0) is 79.6 Å². The lowest BCUT2D eigenvalue weighted by Gasteiger charge is -2.23. The Morgan fingerprint density at radius 3 is 2.60 bits per heavy atom. The molecule has 220 valence electrons. The second-order valence-corrected chi connectivity index (χ2v) is 11.8. The van der Waals surface area contributed by atoms with Gasteiger partial charge in [-0.1, -0.05) is 67.6 Å². The molecule has 1 N–H and O–H groups in total. The lowest BCUT2D eigenvalue weighted by atomic mass is 10.0. The summed E-state index contributed by atoms with van der Waals surface area (Å²) in [5.74, 6) is 1.73. The number of aryl methyl sites for hydroxylation is 1. The third kappa shape index (κ3) is 10.2. The molecule has 40 heavy (non-hydrogen) atoms. The molecule has 4 rings (SSSR count). The predicted octanol–water partition coefficient (Wildman–Crippen LogP) is 8.97. The third-order valence-corrected chi connectivity index (χ3v) is 8.60. The highest BCUT2D eigenvalue weighted by Gasteiger charge is 2.24. The number of allylic oxidation sites excluding steroid dienone is 1. The first kappa shape index (κ1) is 34.4. The van der Waals surface area contributed by atoms with Crippen LogP contribution in [-0.4, -0.2) is 51.0 Å². The molecule has 1 heterocycles. The van der Waals surface area contributed by atoms with Crippen molar-refractivity contribution >= 4 is 58.6 Å². The van der Waals surface area contributed by atoms with Gasteiger partial charge in [0.15, 0.2) is 0 Å². The van der Waals surface area contributed by atoms with Gasteiger partial charge in [-0.25, -0.2) is 4.39 Å². The molecule has 3 aromatic carbocycles. The van der Waals surface area contributed by atoms with Crippen molar-refractivity contribution in [3.05, 3.63) is 77.1 Å². The lowest BCUT2D eigenvalue weighted by Crippen LogP contribution is -2.20. The summed E-state index contributed by atoms with van der Waals surface area (Å²) in [4.78, 5) is 5.74. The molecule has 0 amide bonds. The van der Waals surface area contributed by atoms with E-state index >= 15 is 0 Å². The molecule has 0 spiro atoms. The minimum Gasteiger partial charge on any atom is -0.400 e. The van der Waals surface area contributed by atoms with Gasteiger partial charge < -0.3 is 19.1 Å². The molecule has 0 aliphatic carbocycles. The lowest BCUT2D eigenvalue weighted by molar-refractivity contribution is 0.399. The molecule has 1 aliphatic heterocycles. The van der Waals surface area contributed by atoms with Gasteiger partial charge in [0.25, 0.3) is 0 Å². The van der Waals surface area contributed by atoms with E-state index in [1.54, 1.807) is 24.9 Å². The van der Waals surface area contributed by atoms with Crippen molar-refractivity contribution in [2.45, 2.75) is 50.8 Å². The van der Waals surface area contributed by atoms with Crippen LogP contribution >= 0.6 is 36.4 Å². The summed E-state index contributed by atoms with van der Waals surface area (Å²) in [7, 11) is 4.90. The van der Waals surface area contributed by atoms with Crippen molar-refractivity contribution in [2.24, 2.45) is 0 Å². The fourth-order valence-corrected chi connectivity index (χ4v) is 6.23. The fourth-order valence-electron chi connectivity index (χ4n) is 4.54. The first-order valence-corrected chi connectivity index (χ1v) is 16.2. The number of rotatable bonds is 12. The molecule has 0 bridgehead atoms. The Bertz CT molecular complexity index is 1190. The van der Waals surface area contributed by atoms with Gasteiger partial charge in [0.1, 0.15) is 5.82 Å². The summed E-state index contributed by atoms with van der Waals surface area (Å²) < 4.78 is 18.4. The largest absolute Gasteiger partial charge is 0.400 e. The van der Waals surface area contributed by atoms with Crippen molar-refractivity contribution in [1.82, 2.24) is 0 Å². The van der Waals surface area contributed by atoms with Crippen molar-refractivity contribution < 1.29 is 13.7 Å². The molecule has 4 nitrogen and oxygen atoms in total. The number of unbranched alkanes of at least 4 members (excludes halogenated alkanes) is 2. The third-order valence-electron chi connectivity index (χ3n) is 6.43. The quantitative estimate of drug-likeness (QED) is 0.122. The second-order valence-electron chi connectivity index (χ2n) is 9.34. The van der Waals surface area contributed by atoms with Crippen LogP contribution in [0.4, 0.5) is 15.8 Å². The summed E-state index contributed by atoms with van der Waals surface area (Å²) in [6.45, 7) is 6.33. The standard InChI is InChI=1S/C16H21NOS.C15H20FNS2.CH4O/c1-13-9-10-14-7-4-5-8-15(14)16(13)17(2)11-6-12-19-18-3;1-2-3-4-6-15-17(9-5-10-18)13-11-12(16)7-8-14(13)19-15;1-2/h4-5,7-10H,6,11-12H2,1-3H3;6-8,11,18H,2-5,9-10H2,1H3;2H,1H3/b;15-6-;. The second kappa shape index (κ2) is 19.3. The smallest absolute Gasteiger partial charge is 0.125 e. The fraction of sp³-hybridized carbons (Fsp3) is 0.438. The van der Waals surface area contributed by atoms with Crippen molar-refractivity contribution in [1.29, 1.82) is 0 Å². The Morgan fingerprint density at radius 1 is 1.10 bits per heavy atom. The molecule has 0 unspecified atom stereocenters. The number of nitrogens with zero attached hydrogens (tertiary/aromatic N) is 2. The van der Waals surface area contributed by atoms with Crippen LogP contribution < -0.4 is 9.80 Å². The molecular formula is C32H45FN2O2S3. The summed E-state index contributed by atoms with van der Waals surface area (Å²) in [5.41, 5.74) is 3.69. The summed E-state index contributed by atoms with van der Waals surface area (Å²) >= 11 is 7.55. The number of aliphatic hydroxyl groups excluding tert-OH is 1. The average molecular weight is 605 g/mol. The van der Waals surface area contributed by atoms with Crippen LogP contribution in [0.2, 0.25) is 0 Å². The molecule has 8 heteroatoms. The van der Waals surface area contributed by atoms with Crippen LogP contribution in [0, 0.1) is 12.7 Å². The van der Waals surface area contributed by atoms with E-state index in [4.69, 9.17) is 9.29 Å². The highest BCUT2D eigenvalue weighted by atomic mass is 32.2. The van der Waals surface area contributed by atoms with E-state index in [0.717, 1.165) is 61.6 Å². The summed E-state index contributed by atoms with van der Waals surface area (Å²) in [5, 5.41) is 10.9. The number of fused-ring (bicyclic) bond motifs is 2. The van der Waals surface area contributed by atoms with Gasteiger partial charge in [-0.3, -0.25) is 0 Å². The monoisotopic (exact) mass is 604 g/mol. The molecule has 1 aliphatic rings. The van der Waals surface area contributed by atoms with E-state index in [2.05, 4.69) is 85.8 Å². The zero-order valence-corrected chi connectivity index (χ0v) is 27.1. The summed E-state index contributed by atoms with van der Waals surface area (Å²) in [6.07, 6.45) is 7.90. The Morgan fingerprint density at radius 2 is 1.88 bits per heavy atom. The van der Waals surface area contributed by atoms with Crippen LogP contribution in [0.5, 0.6) is 0 Å². The Kier molecular flexibility index (Phi) is 16.6. The van der Waals surface area contributed by atoms with Crippen molar-refractivity contribution in [3.8, 4) is 0 Å². The van der Waals surface area contributed by atoms with Gasteiger partial charge in [0.2, 0.25) is 0 Å². The normalized spacial score (nSPS) is 13.0. The number of hydrogen-bond donors (Lipinski definition) is 2. The van der Waals surface area contributed by atoms with Gasteiger partial charge in [0.05, 0.1) is 17.8 Å². The number of thioether (sulfide) groups is 1. The van der Waals surface area contributed by atoms with E-state index in [1.165, 1.54) is 58.0 Å². The number of hydrogen-bond acceptors (Lipinski definition) is 7.